The molecule has 0 spiro atoms. The average Bonchev–Trinajstić information content (AvgIpc) is 2.81. The smallest absolute Gasteiger partial charge is 0.274 e. The number of carbonyl (C=O) groups is 1. The molecule has 0 bridgehead atoms. The zero-order valence-corrected chi connectivity index (χ0v) is 17.7. The third-order valence-electron chi connectivity index (χ3n) is 4.82. The van der Waals surface area contributed by atoms with E-state index in [0.29, 0.717) is 26.9 Å². The Kier molecular flexibility index (Phi) is 6.20. The van der Waals surface area contributed by atoms with Gasteiger partial charge in [0.2, 0.25) is 0 Å². The second-order valence-corrected chi connectivity index (χ2v) is 7.94. The maximum absolute atomic E-state index is 11.4. The number of benzene rings is 3. The highest BCUT2D eigenvalue weighted by molar-refractivity contribution is 7.99. The van der Waals surface area contributed by atoms with E-state index in [1.165, 1.54) is 18.3 Å². The number of fused-ring (bicyclic) bond motifs is 1. The molecule has 4 aromatic rings. The van der Waals surface area contributed by atoms with E-state index in [2.05, 4.69) is 11.1 Å². The van der Waals surface area contributed by atoms with Crippen LogP contribution >= 0.6 is 11.8 Å². The molecule has 0 aliphatic rings. The van der Waals surface area contributed by atoms with Crippen LogP contribution in [0.4, 0.5) is 5.69 Å². The van der Waals surface area contributed by atoms with Crippen molar-refractivity contribution in [3.05, 3.63) is 94.3 Å². The number of nitro benzene ring substituents is 1. The molecule has 0 saturated carbocycles. The summed E-state index contributed by atoms with van der Waals surface area (Å²) < 4.78 is 6.14. The summed E-state index contributed by atoms with van der Waals surface area (Å²) >= 11 is 1.13. The maximum Gasteiger partial charge on any atom is 0.274 e. The second kappa shape index (κ2) is 9.38. The van der Waals surface area contributed by atoms with Crippen molar-refractivity contribution in [1.29, 1.82) is 5.26 Å². The first-order valence-corrected chi connectivity index (χ1v) is 10.5. The van der Waals surface area contributed by atoms with Crippen LogP contribution in [0.1, 0.15) is 11.1 Å². The molecule has 0 unspecified atom stereocenters. The Bertz CT molecular complexity index is 1430. The van der Waals surface area contributed by atoms with Crippen LogP contribution in [0, 0.1) is 21.4 Å². The first kappa shape index (κ1) is 21.8. The molecule has 0 fully saturated rings. The van der Waals surface area contributed by atoms with E-state index in [4.69, 9.17) is 4.74 Å². The van der Waals surface area contributed by atoms with Crippen molar-refractivity contribution in [3.8, 4) is 17.6 Å². The molecular weight excluding hydrogens is 442 g/mol. The summed E-state index contributed by atoms with van der Waals surface area (Å²) in [7, 11) is 0. The lowest BCUT2D eigenvalue weighted by atomic mass is 10.0. The van der Waals surface area contributed by atoms with E-state index in [1.807, 2.05) is 24.3 Å². The number of aromatic nitrogens is 1. The molecule has 8 nitrogen and oxygen atoms in total. The molecule has 0 radical (unpaired) electrons. The van der Waals surface area contributed by atoms with Gasteiger partial charge < -0.3 is 14.6 Å². The summed E-state index contributed by atoms with van der Waals surface area (Å²) in [5.41, 5.74) is 0.278. The van der Waals surface area contributed by atoms with Gasteiger partial charge in [-0.25, -0.2) is 0 Å². The van der Waals surface area contributed by atoms with Crippen LogP contribution < -0.4 is 9.84 Å². The molecule has 162 valence electrons. The van der Waals surface area contributed by atoms with E-state index in [-0.39, 0.29) is 11.3 Å². The normalized spacial score (nSPS) is 10.5. The van der Waals surface area contributed by atoms with Gasteiger partial charge in [-0.15, -0.1) is 0 Å². The molecule has 1 aromatic heterocycles. The monoisotopic (exact) mass is 456 g/mol. The van der Waals surface area contributed by atoms with Crippen LogP contribution in [0.25, 0.3) is 10.8 Å². The van der Waals surface area contributed by atoms with Gasteiger partial charge in [0.1, 0.15) is 5.75 Å². The third kappa shape index (κ3) is 4.61. The Morgan fingerprint density at radius 1 is 1.03 bits per heavy atom. The molecule has 1 heterocycles. The molecule has 0 aliphatic heterocycles. The van der Waals surface area contributed by atoms with Crippen molar-refractivity contribution in [2.24, 2.45) is 0 Å². The molecule has 0 aliphatic carbocycles. The number of aliphatic carboxylic acids is 1. The Labute approximate surface area is 192 Å². The van der Waals surface area contributed by atoms with E-state index in [0.717, 1.165) is 22.5 Å². The largest absolute Gasteiger partial charge is 0.550 e. The number of carbonyl (C=O) groups excluding carboxylic acids is 1. The summed E-state index contributed by atoms with van der Waals surface area (Å²) in [5.74, 6) is -0.530. The molecule has 33 heavy (non-hydrogen) atoms. The van der Waals surface area contributed by atoms with Gasteiger partial charge in [-0.05, 0) is 24.3 Å². The molecular formula is C24H14N3O5S-. The highest BCUT2D eigenvalue weighted by Crippen LogP contribution is 2.41. The highest BCUT2D eigenvalue weighted by Gasteiger charge is 2.20. The lowest BCUT2D eigenvalue weighted by molar-refractivity contribution is -0.386. The summed E-state index contributed by atoms with van der Waals surface area (Å²) in [5, 5.41) is 33.5. The summed E-state index contributed by atoms with van der Waals surface area (Å²) in [6, 6.07) is 18.9. The van der Waals surface area contributed by atoms with Crippen LogP contribution in [-0.4, -0.2) is 15.9 Å². The molecule has 0 amide bonds. The Morgan fingerprint density at radius 2 is 1.82 bits per heavy atom. The zero-order valence-electron chi connectivity index (χ0n) is 16.9. The number of nitriles is 1. The fourth-order valence-electron chi connectivity index (χ4n) is 3.37. The van der Waals surface area contributed by atoms with Crippen molar-refractivity contribution in [2.75, 3.05) is 0 Å². The van der Waals surface area contributed by atoms with Crippen molar-refractivity contribution in [3.63, 3.8) is 0 Å². The van der Waals surface area contributed by atoms with E-state index >= 15 is 0 Å². The predicted octanol–water partition coefficient (Wildman–Crippen LogP) is 4.25. The fourth-order valence-corrected chi connectivity index (χ4v) is 4.37. The van der Waals surface area contributed by atoms with Crippen molar-refractivity contribution in [2.45, 2.75) is 16.2 Å². The van der Waals surface area contributed by atoms with Gasteiger partial charge in [0.25, 0.3) is 5.69 Å². The van der Waals surface area contributed by atoms with Gasteiger partial charge >= 0.3 is 0 Å². The van der Waals surface area contributed by atoms with Crippen LogP contribution in [0.3, 0.4) is 0 Å². The number of nitrogens with zero attached hydrogens (tertiary/aromatic N) is 3. The molecule has 3 aromatic carbocycles. The maximum atomic E-state index is 11.4. The number of pyridine rings is 1. The van der Waals surface area contributed by atoms with Crippen LogP contribution in [-0.2, 0) is 11.2 Å². The summed E-state index contributed by atoms with van der Waals surface area (Å²) in [4.78, 5) is 27.1. The number of carboxylic acid groups (broad SMARTS) is 1. The minimum Gasteiger partial charge on any atom is -0.550 e. The molecule has 4 rings (SSSR count). The molecule has 0 atom stereocenters. The predicted molar refractivity (Wildman–Crippen MR) is 119 cm³/mol. The minimum atomic E-state index is -1.42. The number of hydrogen-bond acceptors (Lipinski definition) is 8. The van der Waals surface area contributed by atoms with Crippen molar-refractivity contribution < 1.29 is 19.6 Å². The first-order chi connectivity index (χ1) is 16.0. The van der Waals surface area contributed by atoms with Gasteiger partial charge in [0.05, 0.1) is 27.6 Å². The highest BCUT2D eigenvalue weighted by atomic mass is 32.2. The van der Waals surface area contributed by atoms with Gasteiger partial charge in [0, 0.05) is 45.9 Å². The van der Waals surface area contributed by atoms with E-state index in [1.54, 1.807) is 30.5 Å². The van der Waals surface area contributed by atoms with Gasteiger partial charge in [-0.3, -0.25) is 15.1 Å². The first-order valence-electron chi connectivity index (χ1n) is 9.65. The lowest BCUT2D eigenvalue weighted by Gasteiger charge is -2.14. The molecule has 9 heteroatoms. The lowest BCUT2D eigenvalue weighted by Crippen LogP contribution is -2.25. The second-order valence-electron chi connectivity index (χ2n) is 6.85. The Hall–Kier alpha value is -4.42. The van der Waals surface area contributed by atoms with Gasteiger partial charge in [-0.1, -0.05) is 42.1 Å². The molecule has 0 N–H and O–H groups in total. The Morgan fingerprint density at radius 3 is 2.55 bits per heavy atom. The number of carboxylic acids is 1. The fraction of sp³-hybridized carbons (Fsp3) is 0.0417. The Balaban J connectivity index is 1.75. The van der Waals surface area contributed by atoms with Crippen molar-refractivity contribution in [1.82, 2.24) is 4.98 Å². The van der Waals surface area contributed by atoms with E-state index in [9.17, 15) is 25.3 Å². The minimum absolute atomic E-state index is 0.0547. The topological polar surface area (TPSA) is 129 Å². The SMILES string of the molecule is N#Cc1ccc(Oc2cnccc2Sc2cccc([N+](=O)[O-])c2CC(=O)[O-])c2ccccc12. The van der Waals surface area contributed by atoms with Crippen molar-refractivity contribution >= 4 is 34.2 Å². The van der Waals surface area contributed by atoms with E-state index < -0.39 is 17.3 Å². The standard InChI is InChI=1S/C24H15N3O5S/c25-13-15-8-9-20(17-5-2-1-4-16(15)17)32-21-14-26-11-10-23(21)33-22-7-3-6-19(27(30)31)18(22)12-24(28)29/h1-11,14H,12H2,(H,28,29)/p-1. The summed E-state index contributed by atoms with van der Waals surface area (Å²) in [6.45, 7) is 0. The number of rotatable bonds is 7. The summed E-state index contributed by atoms with van der Waals surface area (Å²) in [6.07, 6.45) is 2.45. The van der Waals surface area contributed by atoms with Crippen LogP contribution in [0.5, 0.6) is 11.5 Å². The number of hydrogen-bond donors (Lipinski definition) is 0. The zero-order chi connectivity index (χ0) is 23.4. The molecule has 0 saturated heterocycles. The van der Waals surface area contributed by atoms with Crippen LogP contribution in [0.15, 0.2) is 82.8 Å². The van der Waals surface area contributed by atoms with Gasteiger partial charge in [0.15, 0.2) is 5.75 Å². The average molecular weight is 456 g/mol. The third-order valence-corrected chi connectivity index (χ3v) is 5.98. The van der Waals surface area contributed by atoms with Gasteiger partial charge in [-0.2, -0.15) is 5.26 Å². The number of nitro groups is 1. The quantitative estimate of drug-likeness (QED) is 0.298. The number of ether oxygens (including phenoxy) is 1. The van der Waals surface area contributed by atoms with Crippen LogP contribution in [0.2, 0.25) is 0 Å².